The van der Waals surface area contributed by atoms with Crippen LogP contribution in [0.15, 0.2) is 28.8 Å². The first-order chi connectivity index (χ1) is 13.4. The predicted octanol–water partition coefficient (Wildman–Crippen LogP) is 2.65. The molecular formula is C19H23FN2O5S. The number of nitrogens with zero attached hydrogens (tertiary/aromatic N) is 1. The van der Waals surface area contributed by atoms with Crippen molar-refractivity contribution in [2.45, 2.75) is 37.5 Å². The molecule has 0 bridgehead atoms. The van der Waals surface area contributed by atoms with E-state index < -0.39 is 15.8 Å². The minimum absolute atomic E-state index is 0.0838. The van der Waals surface area contributed by atoms with Gasteiger partial charge in [-0.15, -0.1) is 0 Å². The summed E-state index contributed by atoms with van der Waals surface area (Å²) in [6.07, 6.45) is 2.05. The number of benzene rings is 1. The van der Waals surface area contributed by atoms with Gasteiger partial charge in [0.1, 0.15) is 11.5 Å². The molecule has 1 saturated carbocycles. The van der Waals surface area contributed by atoms with Crippen LogP contribution in [-0.4, -0.2) is 44.7 Å². The van der Waals surface area contributed by atoms with Crippen LogP contribution in [0.25, 0.3) is 11.3 Å². The van der Waals surface area contributed by atoms with Crippen LogP contribution in [0.2, 0.25) is 0 Å². The molecule has 1 aliphatic heterocycles. The van der Waals surface area contributed by atoms with Crippen LogP contribution in [0.5, 0.6) is 5.75 Å². The van der Waals surface area contributed by atoms with Gasteiger partial charge in [-0.25, -0.2) is 17.5 Å². The molecule has 2 unspecified atom stereocenters. The summed E-state index contributed by atoms with van der Waals surface area (Å²) in [6.45, 7) is 2.81. The lowest BCUT2D eigenvalue weighted by Gasteiger charge is -2.31. The fourth-order valence-corrected chi connectivity index (χ4v) is 4.91. The normalized spacial score (nSPS) is 22.9. The molecule has 2 fully saturated rings. The Balaban J connectivity index is 1.41. The van der Waals surface area contributed by atoms with E-state index in [9.17, 15) is 12.8 Å². The minimum atomic E-state index is -3.32. The van der Waals surface area contributed by atoms with Crippen molar-refractivity contribution in [3.05, 3.63) is 35.8 Å². The number of rotatable bonds is 7. The van der Waals surface area contributed by atoms with Gasteiger partial charge in [-0.05, 0) is 44.4 Å². The molecule has 2 atom stereocenters. The summed E-state index contributed by atoms with van der Waals surface area (Å²) in [4.78, 5) is 0. The summed E-state index contributed by atoms with van der Waals surface area (Å²) in [5, 5.41) is 3.59. The van der Waals surface area contributed by atoms with Crippen molar-refractivity contribution in [2.75, 3.05) is 19.8 Å². The zero-order chi connectivity index (χ0) is 19.7. The largest absolute Gasteiger partial charge is 0.490 e. The molecule has 1 saturated heterocycles. The van der Waals surface area contributed by atoms with Crippen LogP contribution in [-0.2, 0) is 14.8 Å². The number of sulfonamides is 1. The van der Waals surface area contributed by atoms with Crippen molar-refractivity contribution in [1.29, 1.82) is 0 Å². The van der Waals surface area contributed by atoms with Gasteiger partial charge >= 0.3 is 0 Å². The van der Waals surface area contributed by atoms with Crippen molar-refractivity contribution in [3.8, 4) is 17.0 Å². The van der Waals surface area contributed by atoms with E-state index in [4.69, 9.17) is 14.0 Å². The van der Waals surface area contributed by atoms with Crippen molar-refractivity contribution >= 4 is 10.0 Å². The molecule has 1 aliphatic carbocycles. The summed E-state index contributed by atoms with van der Waals surface area (Å²) in [5.41, 5.74) is 1.16. The molecule has 4 rings (SSSR count). The zero-order valence-electron chi connectivity index (χ0n) is 15.6. The number of ether oxygens (including phenoxy) is 2. The average Bonchev–Trinajstić information content (AvgIpc) is 3.44. The second-order valence-corrected chi connectivity index (χ2v) is 9.36. The highest BCUT2D eigenvalue weighted by Gasteiger charge is 2.39. The van der Waals surface area contributed by atoms with Gasteiger partial charge < -0.3 is 14.0 Å². The maximum atomic E-state index is 14.5. The van der Waals surface area contributed by atoms with E-state index in [-0.39, 0.29) is 29.6 Å². The molecule has 9 heteroatoms. The lowest BCUT2D eigenvalue weighted by atomic mass is 9.97. The van der Waals surface area contributed by atoms with E-state index in [1.807, 2.05) is 0 Å². The number of hydrogen-bond acceptors (Lipinski definition) is 6. The Hall–Kier alpha value is -1.97. The van der Waals surface area contributed by atoms with Gasteiger partial charge in [0, 0.05) is 24.2 Å². The van der Waals surface area contributed by atoms with Gasteiger partial charge in [0.15, 0.2) is 11.6 Å². The standard InChI is InChI=1S/C19H23FN2O5S/c1-12-8-17(21-27-12)13-2-5-19(16(20)9-13)26-10-14-6-7-25-11-18(14)22-28(23,24)15-3-4-15/h2,5,8-9,14-15,18,22H,3-4,6-7,10-11H2,1H3. The first-order valence-corrected chi connectivity index (χ1v) is 10.9. The van der Waals surface area contributed by atoms with Gasteiger partial charge in [-0.1, -0.05) is 5.16 Å². The molecule has 1 N–H and O–H groups in total. The third-order valence-corrected chi connectivity index (χ3v) is 7.07. The second-order valence-electron chi connectivity index (χ2n) is 7.37. The molecule has 2 aromatic rings. The van der Waals surface area contributed by atoms with Gasteiger partial charge in [-0.3, -0.25) is 0 Å². The molecular weight excluding hydrogens is 387 g/mol. The Kier molecular flexibility index (Phi) is 5.39. The van der Waals surface area contributed by atoms with Gasteiger partial charge in [-0.2, -0.15) is 0 Å². The number of aromatic nitrogens is 1. The highest BCUT2D eigenvalue weighted by molar-refractivity contribution is 7.90. The smallest absolute Gasteiger partial charge is 0.214 e. The molecule has 7 nitrogen and oxygen atoms in total. The SMILES string of the molecule is Cc1cc(-c2ccc(OCC3CCOCC3NS(=O)(=O)C3CC3)c(F)c2)no1. The van der Waals surface area contributed by atoms with Crippen molar-refractivity contribution in [2.24, 2.45) is 5.92 Å². The average molecular weight is 410 g/mol. The Morgan fingerprint density at radius 3 is 2.79 bits per heavy atom. The monoisotopic (exact) mass is 410 g/mol. The Labute approximate surface area is 163 Å². The summed E-state index contributed by atoms with van der Waals surface area (Å²) in [6, 6.07) is 5.99. The lowest BCUT2D eigenvalue weighted by Crippen LogP contribution is -2.49. The number of aryl methyl sites for hydroxylation is 1. The van der Waals surface area contributed by atoms with Crippen LogP contribution in [0, 0.1) is 18.7 Å². The predicted molar refractivity (Wildman–Crippen MR) is 99.9 cm³/mol. The molecule has 0 amide bonds. The van der Waals surface area contributed by atoms with E-state index >= 15 is 0 Å². The second kappa shape index (κ2) is 7.81. The summed E-state index contributed by atoms with van der Waals surface area (Å²) < 4.78 is 57.8. The van der Waals surface area contributed by atoms with Crippen LogP contribution in [0.4, 0.5) is 4.39 Å². The van der Waals surface area contributed by atoms with Crippen molar-refractivity contribution < 1.29 is 26.8 Å². The molecule has 2 aliphatic rings. The van der Waals surface area contributed by atoms with Crippen molar-refractivity contribution in [1.82, 2.24) is 9.88 Å². The highest BCUT2D eigenvalue weighted by Crippen LogP contribution is 2.30. The molecule has 28 heavy (non-hydrogen) atoms. The van der Waals surface area contributed by atoms with E-state index in [1.165, 1.54) is 6.07 Å². The van der Waals surface area contributed by atoms with E-state index in [2.05, 4.69) is 9.88 Å². The molecule has 0 spiro atoms. The van der Waals surface area contributed by atoms with E-state index in [0.717, 1.165) is 0 Å². The molecule has 2 heterocycles. The third kappa shape index (κ3) is 4.37. The van der Waals surface area contributed by atoms with Crippen LogP contribution < -0.4 is 9.46 Å². The molecule has 0 radical (unpaired) electrons. The maximum absolute atomic E-state index is 14.5. The first kappa shape index (κ1) is 19.4. The van der Waals surface area contributed by atoms with Crippen molar-refractivity contribution in [3.63, 3.8) is 0 Å². The topological polar surface area (TPSA) is 90.7 Å². The molecule has 1 aromatic carbocycles. The lowest BCUT2D eigenvalue weighted by molar-refractivity contribution is 0.0269. The maximum Gasteiger partial charge on any atom is 0.214 e. The fourth-order valence-electron chi connectivity index (χ4n) is 3.27. The number of nitrogens with one attached hydrogen (secondary N) is 1. The van der Waals surface area contributed by atoms with Crippen LogP contribution in [0.3, 0.4) is 0 Å². The minimum Gasteiger partial charge on any atom is -0.490 e. The van der Waals surface area contributed by atoms with Gasteiger partial charge in [0.2, 0.25) is 10.0 Å². The van der Waals surface area contributed by atoms with Crippen LogP contribution >= 0.6 is 0 Å². The Morgan fingerprint density at radius 1 is 1.29 bits per heavy atom. The van der Waals surface area contributed by atoms with Gasteiger partial charge in [0.05, 0.1) is 24.5 Å². The summed E-state index contributed by atoms with van der Waals surface area (Å²) in [5.74, 6) is 0.189. The summed E-state index contributed by atoms with van der Waals surface area (Å²) in [7, 11) is -3.32. The Bertz CT molecular complexity index is 942. The molecule has 152 valence electrons. The van der Waals surface area contributed by atoms with E-state index in [1.54, 1.807) is 25.1 Å². The zero-order valence-corrected chi connectivity index (χ0v) is 16.4. The van der Waals surface area contributed by atoms with Gasteiger partial charge in [0.25, 0.3) is 0 Å². The Morgan fingerprint density at radius 2 is 2.11 bits per heavy atom. The summed E-state index contributed by atoms with van der Waals surface area (Å²) >= 11 is 0. The molecule has 1 aromatic heterocycles. The number of halogens is 1. The number of hydrogen-bond donors (Lipinski definition) is 1. The fraction of sp³-hybridized carbons (Fsp3) is 0.526. The quantitative estimate of drug-likeness (QED) is 0.755. The highest BCUT2D eigenvalue weighted by atomic mass is 32.2. The third-order valence-electron chi connectivity index (χ3n) is 5.09. The van der Waals surface area contributed by atoms with E-state index in [0.29, 0.717) is 49.5 Å². The first-order valence-electron chi connectivity index (χ1n) is 9.37. The van der Waals surface area contributed by atoms with Crippen LogP contribution in [0.1, 0.15) is 25.0 Å².